The van der Waals surface area contributed by atoms with Crippen molar-refractivity contribution in [2.24, 2.45) is 5.92 Å². The Bertz CT molecular complexity index is 537. The van der Waals surface area contributed by atoms with E-state index in [1.54, 1.807) is 23.1 Å². The third-order valence-corrected chi connectivity index (χ3v) is 3.35. The maximum absolute atomic E-state index is 12.1. The number of anilines is 1. The number of hydrogen-bond donors (Lipinski definition) is 1. The number of benzene rings is 1. The lowest BCUT2D eigenvalue weighted by molar-refractivity contribution is -0.127. The van der Waals surface area contributed by atoms with Gasteiger partial charge in [-0.1, -0.05) is 17.7 Å². The zero-order chi connectivity index (χ0) is 14.9. The Morgan fingerprint density at radius 1 is 1.40 bits per heavy atom. The van der Waals surface area contributed by atoms with Gasteiger partial charge in [0.15, 0.2) is 0 Å². The van der Waals surface area contributed by atoms with Gasteiger partial charge in [0.05, 0.1) is 5.92 Å². The lowest BCUT2D eigenvalue weighted by atomic mass is 10.0. The van der Waals surface area contributed by atoms with Crippen molar-refractivity contribution in [2.75, 3.05) is 11.4 Å². The van der Waals surface area contributed by atoms with Crippen LogP contribution in [-0.4, -0.2) is 23.9 Å². The largest absolute Gasteiger partial charge is 0.351 e. The predicted octanol–water partition coefficient (Wildman–Crippen LogP) is 2.61. The van der Waals surface area contributed by atoms with E-state index in [0.29, 0.717) is 11.6 Å². The topological polar surface area (TPSA) is 49.4 Å². The first-order valence-electron chi connectivity index (χ1n) is 6.64. The molecule has 1 unspecified atom stereocenters. The molecule has 5 heteroatoms. The zero-order valence-corrected chi connectivity index (χ0v) is 12.7. The summed E-state index contributed by atoms with van der Waals surface area (Å²) in [6.07, 6.45) is 0.244. The van der Waals surface area contributed by atoms with Crippen molar-refractivity contribution in [3.63, 3.8) is 0 Å². The fourth-order valence-electron chi connectivity index (χ4n) is 2.25. The molecule has 0 spiro atoms. The van der Waals surface area contributed by atoms with Crippen LogP contribution in [-0.2, 0) is 9.59 Å². The normalized spacial score (nSPS) is 19.3. The van der Waals surface area contributed by atoms with Gasteiger partial charge in [-0.15, -0.1) is 0 Å². The summed E-state index contributed by atoms with van der Waals surface area (Å²) in [4.78, 5) is 25.8. The Hall–Kier alpha value is -1.55. The minimum Gasteiger partial charge on any atom is -0.351 e. The molecular formula is C15H19ClN2O2. The number of rotatable bonds is 2. The van der Waals surface area contributed by atoms with Gasteiger partial charge < -0.3 is 10.2 Å². The molecule has 1 saturated heterocycles. The van der Waals surface area contributed by atoms with Crippen LogP contribution in [0.15, 0.2) is 24.3 Å². The molecule has 1 aromatic rings. The molecular weight excluding hydrogens is 276 g/mol. The van der Waals surface area contributed by atoms with Crippen molar-refractivity contribution in [3.8, 4) is 0 Å². The Balaban J connectivity index is 2.09. The third-order valence-electron chi connectivity index (χ3n) is 3.11. The van der Waals surface area contributed by atoms with E-state index in [9.17, 15) is 9.59 Å². The van der Waals surface area contributed by atoms with Gasteiger partial charge in [0.2, 0.25) is 11.8 Å². The van der Waals surface area contributed by atoms with Crippen molar-refractivity contribution in [2.45, 2.75) is 32.7 Å². The van der Waals surface area contributed by atoms with E-state index in [-0.39, 0.29) is 29.7 Å². The lowest BCUT2D eigenvalue weighted by Crippen LogP contribution is -2.44. The SMILES string of the molecule is CC(C)(C)NC(=O)C1CC(=O)N(c2cccc(Cl)c2)C1. The summed E-state index contributed by atoms with van der Waals surface area (Å²) < 4.78 is 0. The van der Waals surface area contributed by atoms with E-state index in [2.05, 4.69) is 5.32 Å². The van der Waals surface area contributed by atoms with Gasteiger partial charge >= 0.3 is 0 Å². The molecule has 1 aliphatic rings. The highest BCUT2D eigenvalue weighted by Crippen LogP contribution is 2.27. The molecule has 2 rings (SSSR count). The van der Waals surface area contributed by atoms with Gasteiger partial charge in [-0.2, -0.15) is 0 Å². The first-order chi connectivity index (χ1) is 9.26. The minimum atomic E-state index is -0.305. The highest BCUT2D eigenvalue weighted by Gasteiger charge is 2.36. The second-order valence-electron chi connectivity index (χ2n) is 6.12. The number of amides is 2. The molecule has 1 aromatic carbocycles. The molecule has 0 aliphatic carbocycles. The minimum absolute atomic E-state index is 0.0404. The van der Waals surface area contributed by atoms with Gasteiger partial charge in [0.1, 0.15) is 0 Å². The van der Waals surface area contributed by atoms with E-state index in [0.717, 1.165) is 5.69 Å². The standard InChI is InChI=1S/C15H19ClN2O2/c1-15(2,3)17-14(20)10-7-13(19)18(9-10)12-6-4-5-11(16)8-12/h4-6,8,10H,7,9H2,1-3H3,(H,17,20). The molecule has 1 aliphatic heterocycles. The molecule has 1 atom stereocenters. The first-order valence-corrected chi connectivity index (χ1v) is 7.02. The molecule has 108 valence electrons. The molecule has 4 nitrogen and oxygen atoms in total. The summed E-state index contributed by atoms with van der Waals surface area (Å²) in [5.41, 5.74) is 0.456. The molecule has 1 heterocycles. The van der Waals surface area contributed by atoms with Gasteiger partial charge in [0, 0.05) is 29.2 Å². The van der Waals surface area contributed by atoms with Crippen molar-refractivity contribution < 1.29 is 9.59 Å². The molecule has 2 amide bonds. The van der Waals surface area contributed by atoms with Crippen molar-refractivity contribution in [1.29, 1.82) is 0 Å². The van der Waals surface area contributed by atoms with Gasteiger partial charge in [-0.3, -0.25) is 9.59 Å². The van der Waals surface area contributed by atoms with Gasteiger partial charge in [-0.25, -0.2) is 0 Å². The monoisotopic (exact) mass is 294 g/mol. The van der Waals surface area contributed by atoms with Crippen LogP contribution in [0.3, 0.4) is 0 Å². The average molecular weight is 295 g/mol. The summed E-state index contributed by atoms with van der Waals surface area (Å²) in [5, 5.41) is 3.50. The fourth-order valence-corrected chi connectivity index (χ4v) is 2.43. The zero-order valence-electron chi connectivity index (χ0n) is 11.9. The Labute approximate surface area is 124 Å². The average Bonchev–Trinajstić information content (AvgIpc) is 2.69. The summed E-state index contributed by atoms with van der Waals surface area (Å²) in [7, 11) is 0. The third kappa shape index (κ3) is 3.51. The quantitative estimate of drug-likeness (QED) is 0.911. The van der Waals surface area contributed by atoms with Gasteiger partial charge in [0.25, 0.3) is 0 Å². The molecule has 0 radical (unpaired) electrons. The first kappa shape index (κ1) is 14.9. The Morgan fingerprint density at radius 2 is 2.10 bits per heavy atom. The maximum atomic E-state index is 12.1. The fraction of sp³-hybridized carbons (Fsp3) is 0.467. The van der Waals surface area contributed by atoms with E-state index < -0.39 is 0 Å². The summed E-state index contributed by atoms with van der Waals surface area (Å²) in [5.74, 6) is -0.419. The van der Waals surface area contributed by atoms with Crippen LogP contribution >= 0.6 is 11.6 Å². The lowest BCUT2D eigenvalue weighted by Gasteiger charge is -2.23. The summed E-state index contributed by atoms with van der Waals surface area (Å²) in [6, 6.07) is 7.13. The van der Waals surface area contributed by atoms with Crippen LogP contribution in [0.4, 0.5) is 5.69 Å². The van der Waals surface area contributed by atoms with Gasteiger partial charge in [-0.05, 0) is 39.0 Å². The highest BCUT2D eigenvalue weighted by atomic mass is 35.5. The second-order valence-corrected chi connectivity index (χ2v) is 6.56. The number of nitrogens with zero attached hydrogens (tertiary/aromatic N) is 1. The van der Waals surface area contributed by atoms with Crippen LogP contribution in [0.2, 0.25) is 5.02 Å². The van der Waals surface area contributed by atoms with Crippen LogP contribution < -0.4 is 10.2 Å². The van der Waals surface area contributed by atoms with Crippen LogP contribution in [0, 0.1) is 5.92 Å². The summed E-state index contributed by atoms with van der Waals surface area (Å²) >= 11 is 5.94. The Kier molecular flexibility index (Phi) is 4.04. The van der Waals surface area contributed by atoms with E-state index in [1.807, 2.05) is 26.8 Å². The van der Waals surface area contributed by atoms with Crippen LogP contribution in [0.5, 0.6) is 0 Å². The van der Waals surface area contributed by atoms with Crippen molar-refractivity contribution >= 4 is 29.1 Å². The van der Waals surface area contributed by atoms with Crippen molar-refractivity contribution in [3.05, 3.63) is 29.3 Å². The number of hydrogen-bond acceptors (Lipinski definition) is 2. The maximum Gasteiger partial charge on any atom is 0.227 e. The molecule has 0 saturated carbocycles. The van der Waals surface area contributed by atoms with Crippen LogP contribution in [0.1, 0.15) is 27.2 Å². The van der Waals surface area contributed by atoms with E-state index in [4.69, 9.17) is 11.6 Å². The van der Waals surface area contributed by atoms with E-state index >= 15 is 0 Å². The Morgan fingerprint density at radius 3 is 2.70 bits per heavy atom. The molecule has 0 aromatic heterocycles. The number of nitrogens with one attached hydrogen (secondary N) is 1. The van der Waals surface area contributed by atoms with E-state index in [1.165, 1.54) is 0 Å². The number of carbonyl (C=O) groups is 2. The highest BCUT2D eigenvalue weighted by molar-refractivity contribution is 6.30. The second kappa shape index (κ2) is 5.44. The van der Waals surface area contributed by atoms with Crippen LogP contribution in [0.25, 0.3) is 0 Å². The number of halogens is 1. The molecule has 1 fully saturated rings. The smallest absolute Gasteiger partial charge is 0.227 e. The molecule has 1 N–H and O–H groups in total. The summed E-state index contributed by atoms with van der Waals surface area (Å²) in [6.45, 7) is 6.18. The number of carbonyl (C=O) groups excluding carboxylic acids is 2. The predicted molar refractivity (Wildman–Crippen MR) is 79.8 cm³/mol. The molecule has 20 heavy (non-hydrogen) atoms. The molecule has 0 bridgehead atoms. The van der Waals surface area contributed by atoms with Crippen molar-refractivity contribution in [1.82, 2.24) is 5.32 Å².